The van der Waals surface area contributed by atoms with Crippen LogP contribution in [-0.2, 0) is 4.79 Å². The number of carbonyl (C=O) groups excluding carboxylic acids is 2. The predicted molar refractivity (Wildman–Crippen MR) is 155 cm³/mol. The maximum atomic E-state index is 13.4. The third kappa shape index (κ3) is 8.26. The lowest BCUT2D eigenvalue weighted by Crippen LogP contribution is -2.42. The smallest absolute Gasteiger partial charge is 0.255 e. The zero-order valence-corrected chi connectivity index (χ0v) is 23.4. The van der Waals surface area contributed by atoms with Crippen LogP contribution in [0.4, 0.5) is 15.8 Å². The second-order valence-electron chi connectivity index (χ2n) is 9.68. The molecule has 0 aliphatic carbocycles. The summed E-state index contributed by atoms with van der Waals surface area (Å²) in [4.78, 5) is 25.5. The Labute approximate surface area is 232 Å². The van der Waals surface area contributed by atoms with Crippen molar-refractivity contribution in [1.29, 1.82) is 0 Å². The Bertz CT molecular complexity index is 1350. The van der Waals surface area contributed by atoms with Gasteiger partial charge in [-0.15, -0.1) is 0 Å². The van der Waals surface area contributed by atoms with Crippen LogP contribution < -0.4 is 20.7 Å². The summed E-state index contributed by atoms with van der Waals surface area (Å²) in [5.74, 6) is -0.338. The number of carbonyl (C=O) groups is 2. The van der Waals surface area contributed by atoms with Gasteiger partial charge in [-0.05, 0) is 92.5 Å². The van der Waals surface area contributed by atoms with Crippen molar-refractivity contribution in [2.75, 3.05) is 17.2 Å². The number of nitrogens with one attached hydrogen (secondary N) is 3. The number of thiocarbonyl (C=S) groups is 1. The molecule has 3 aromatic rings. The first-order valence-corrected chi connectivity index (χ1v) is 12.9. The van der Waals surface area contributed by atoms with E-state index in [2.05, 4.69) is 16.0 Å². The van der Waals surface area contributed by atoms with E-state index in [4.69, 9.17) is 28.6 Å². The van der Waals surface area contributed by atoms with Crippen molar-refractivity contribution in [3.8, 4) is 5.75 Å². The number of ether oxygens (including phenoxy) is 1. The Balaban J connectivity index is 1.50. The summed E-state index contributed by atoms with van der Waals surface area (Å²) in [6.45, 7) is 8.24. The van der Waals surface area contributed by atoms with Crippen molar-refractivity contribution in [2.24, 2.45) is 5.41 Å². The van der Waals surface area contributed by atoms with Gasteiger partial charge in [0, 0.05) is 22.4 Å². The molecular weight excluding hydrogens is 525 g/mol. The van der Waals surface area contributed by atoms with Crippen LogP contribution >= 0.6 is 23.8 Å². The van der Waals surface area contributed by atoms with E-state index in [1.165, 1.54) is 18.2 Å². The van der Waals surface area contributed by atoms with Gasteiger partial charge in [0.2, 0.25) is 5.91 Å². The van der Waals surface area contributed by atoms with Gasteiger partial charge in [0.1, 0.15) is 11.6 Å². The lowest BCUT2D eigenvalue weighted by molar-refractivity contribution is -0.128. The van der Waals surface area contributed by atoms with Crippen molar-refractivity contribution in [2.45, 2.75) is 40.5 Å². The third-order valence-corrected chi connectivity index (χ3v) is 6.44. The van der Waals surface area contributed by atoms with Crippen LogP contribution in [0.5, 0.6) is 5.75 Å². The Morgan fingerprint density at radius 3 is 2.47 bits per heavy atom. The maximum absolute atomic E-state index is 13.4. The minimum absolute atomic E-state index is 0.0869. The molecule has 3 N–H and O–H groups in total. The van der Waals surface area contributed by atoms with Crippen molar-refractivity contribution < 1.29 is 18.7 Å². The molecular formula is C29H31ClFN3O3S. The van der Waals surface area contributed by atoms with Crippen molar-refractivity contribution in [3.05, 3.63) is 88.2 Å². The predicted octanol–water partition coefficient (Wildman–Crippen LogP) is 7.05. The Hall–Kier alpha value is -3.49. The molecule has 200 valence electrons. The molecule has 0 saturated carbocycles. The molecule has 0 saturated heterocycles. The molecule has 38 heavy (non-hydrogen) atoms. The second kappa shape index (κ2) is 12.8. The molecule has 0 bridgehead atoms. The number of aryl methyl sites for hydroxylation is 2. The Morgan fingerprint density at radius 2 is 1.74 bits per heavy atom. The van der Waals surface area contributed by atoms with E-state index < -0.39 is 17.1 Å². The molecule has 0 atom stereocenters. The largest absolute Gasteiger partial charge is 0.493 e. The molecule has 2 amide bonds. The van der Waals surface area contributed by atoms with Gasteiger partial charge in [-0.25, -0.2) is 4.39 Å². The van der Waals surface area contributed by atoms with E-state index in [0.717, 1.165) is 16.9 Å². The lowest BCUT2D eigenvalue weighted by Gasteiger charge is -2.24. The number of hydrogen-bond acceptors (Lipinski definition) is 4. The van der Waals surface area contributed by atoms with Gasteiger partial charge < -0.3 is 20.7 Å². The maximum Gasteiger partial charge on any atom is 0.255 e. The highest BCUT2D eigenvalue weighted by Crippen LogP contribution is 2.25. The average molecular weight is 556 g/mol. The topological polar surface area (TPSA) is 79.5 Å². The molecule has 0 aliphatic heterocycles. The Kier molecular flexibility index (Phi) is 9.83. The minimum Gasteiger partial charge on any atom is -0.493 e. The minimum atomic E-state index is -0.672. The highest BCUT2D eigenvalue weighted by Gasteiger charge is 2.28. The van der Waals surface area contributed by atoms with Gasteiger partial charge in [0.25, 0.3) is 5.91 Å². The molecule has 0 unspecified atom stereocenters. The zero-order valence-electron chi connectivity index (χ0n) is 21.8. The second-order valence-corrected chi connectivity index (χ2v) is 10.5. The van der Waals surface area contributed by atoms with E-state index >= 15 is 0 Å². The first-order valence-electron chi connectivity index (χ1n) is 12.1. The van der Waals surface area contributed by atoms with Crippen molar-refractivity contribution in [3.63, 3.8) is 0 Å². The highest BCUT2D eigenvalue weighted by molar-refractivity contribution is 7.80. The van der Waals surface area contributed by atoms with Gasteiger partial charge in [0.15, 0.2) is 5.11 Å². The number of amides is 2. The third-order valence-electron chi connectivity index (χ3n) is 5.95. The quantitative estimate of drug-likeness (QED) is 0.195. The first kappa shape index (κ1) is 29.1. The van der Waals surface area contributed by atoms with E-state index in [0.29, 0.717) is 36.4 Å². The molecule has 0 radical (unpaired) electrons. The SMILES string of the molecule is Cc1ccc(C)c(OCCCC(C)(C)C(=O)NC(=S)Nc2cccc(C(=O)Nc3ccc(F)c(Cl)c3)c2)c1. The highest BCUT2D eigenvalue weighted by atomic mass is 35.5. The number of benzene rings is 3. The monoisotopic (exact) mass is 555 g/mol. The lowest BCUT2D eigenvalue weighted by atomic mass is 9.87. The summed E-state index contributed by atoms with van der Waals surface area (Å²) in [6.07, 6.45) is 1.31. The molecule has 3 aromatic carbocycles. The molecule has 0 fully saturated rings. The van der Waals surface area contributed by atoms with E-state index in [1.807, 2.05) is 45.9 Å². The first-order chi connectivity index (χ1) is 17.9. The number of anilines is 2. The molecule has 3 rings (SSSR count). The number of rotatable bonds is 9. The van der Waals surface area contributed by atoms with Crippen LogP contribution in [0.1, 0.15) is 48.2 Å². The molecule has 9 heteroatoms. The van der Waals surface area contributed by atoms with Gasteiger partial charge in [-0.2, -0.15) is 0 Å². The van der Waals surface area contributed by atoms with E-state index in [9.17, 15) is 14.0 Å². The van der Waals surface area contributed by atoms with Gasteiger partial charge in [-0.1, -0.05) is 43.6 Å². The summed E-state index contributed by atoms with van der Waals surface area (Å²) < 4.78 is 19.3. The summed E-state index contributed by atoms with van der Waals surface area (Å²) >= 11 is 11.1. The molecule has 0 spiro atoms. The van der Waals surface area contributed by atoms with Crippen molar-refractivity contribution in [1.82, 2.24) is 5.32 Å². The standard InChI is InChI=1S/C29H31ClFN3O3S/c1-18-9-10-19(2)25(15-18)37-14-6-13-29(3,4)27(36)34-28(38)33-21-8-5-7-20(16-21)26(35)32-22-11-12-24(31)23(30)17-22/h5,7-12,15-17H,6,13-14H2,1-4H3,(H,32,35)(H2,33,34,36,38). The summed E-state index contributed by atoms with van der Waals surface area (Å²) in [6, 6.07) is 16.6. The number of hydrogen-bond donors (Lipinski definition) is 3. The normalized spacial score (nSPS) is 11.0. The van der Waals surface area contributed by atoms with Crippen molar-refractivity contribution >= 4 is 52.1 Å². The average Bonchev–Trinajstić information content (AvgIpc) is 2.86. The summed E-state index contributed by atoms with van der Waals surface area (Å²) in [7, 11) is 0. The van der Waals surface area contributed by atoms with Crippen LogP contribution in [0.3, 0.4) is 0 Å². The number of halogens is 2. The fourth-order valence-corrected chi connectivity index (χ4v) is 4.01. The van der Waals surface area contributed by atoms with Crippen LogP contribution in [-0.4, -0.2) is 23.5 Å². The fourth-order valence-electron chi connectivity index (χ4n) is 3.62. The van der Waals surface area contributed by atoms with Gasteiger partial charge >= 0.3 is 0 Å². The van der Waals surface area contributed by atoms with E-state index in [1.54, 1.807) is 24.3 Å². The van der Waals surface area contributed by atoms with Crippen LogP contribution in [0.2, 0.25) is 5.02 Å². The van der Waals surface area contributed by atoms with Crippen LogP contribution in [0.15, 0.2) is 60.7 Å². The molecule has 0 aliphatic rings. The van der Waals surface area contributed by atoms with Gasteiger partial charge in [0.05, 0.1) is 11.6 Å². The van der Waals surface area contributed by atoms with Crippen LogP contribution in [0, 0.1) is 25.1 Å². The summed E-state index contributed by atoms with van der Waals surface area (Å²) in [5, 5.41) is 8.38. The molecule has 0 aromatic heterocycles. The fraction of sp³-hybridized carbons (Fsp3) is 0.276. The van der Waals surface area contributed by atoms with Gasteiger partial charge in [-0.3, -0.25) is 9.59 Å². The van der Waals surface area contributed by atoms with E-state index in [-0.39, 0.29) is 16.0 Å². The Morgan fingerprint density at radius 1 is 1.00 bits per heavy atom. The molecule has 0 heterocycles. The van der Waals surface area contributed by atoms with Crippen LogP contribution in [0.25, 0.3) is 0 Å². The summed E-state index contributed by atoms with van der Waals surface area (Å²) in [5.41, 5.74) is 2.77. The zero-order chi connectivity index (χ0) is 27.9. The molecule has 6 nitrogen and oxygen atoms in total.